The molecule has 0 aliphatic carbocycles. The van der Waals surface area contributed by atoms with Crippen LogP contribution in [0.25, 0.3) is 0 Å². The molecule has 1 saturated heterocycles. The first-order chi connectivity index (χ1) is 18.9. The van der Waals surface area contributed by atoms with E-state index < -0.39 is 22.1 Å². The van der Waals surface area contributed by atoms with Crippen molar-refractivity contribution in [2.45, 2.75) is 56.6 Å². The number of rotatable bonds is 9. The Morgan fingerprint density at radius 1 is 1.10 bits per heavy atom. The van der Waals surface area contributed by atoms with Gasteiger partial charge in [0, 0.05) is 31.2 Å². The average molecular weight is 578 g/mol. The van der Waals surface area contributed by atoms with Gasteiger partial charge >= 0.3 is 12.1 Å². The molecule has 0 saturated carbocycles. The highest BCUT2D eigenvalue weighted by molar-refractivity contribution is 7.89. The number of halogens is 3. The Bertz CT molecular complexity index is 1400. The Hall–Kier alpha value is -3.48. The van der Waals surface area contributed by atoms with Gasteiger partial charge in [-0.15, -0.1) is 0 Å². The molecule has 214 valence electrons. The molecule has 1 atom stereocenters. The fourth-order valence-electron chi connectivity index (χ4n) is 4.35. The number of nitrogens with zero attached hydrogens (tertiary/aromatic N) is 3. The molecule has 0 N–H and O–H groups in total. The Kier molecular flexibility index (Phi) is 9.12. The Morgan fingerprint density at radius 3 is 2.50 bits per heavy atom. The molecule has 1 fully saturated rings. The van der Waals surface area contributed by atoms with Crippen molar-refractivity contribution < 1.29 is 35.9 Å². The maximum absolute atomic E-state index is 13.6. The number of carbonyl (C=O) groups excluding carboxylic acids is 1. The summed E-state index contributed by atoms with van der Waals surface area (Å²) in [5.41, 5.74) is 0.533. The van der Waals surface area contributed by atoms with Crippen molar-refractivity contribution >= 4 is 27.3 Å². The number of amides is 1. The van der Waals surface area contributed by atoms with Crippen LogP contribution < -0.4 is 9.64 Å². The fraction of sp³-hybridized carbons (Fsp3) is 0.357. The standard InChI is InChI=1S/C28H30F3N3O5S/c1-20(2)39-24-12-10-22(11-13-24)34(27(35)28(29,30)31)23-7-3-9-26(16-23)40(36,37)33-15-5-8-25(18-33)38-19-21-6-4-14-32-17-21/h3-4,6-7,9-14,16-17,20,25H,5,8,15,18-19H2,1-2H3. The molecule has 4 rings (SSSR count). The van der Waals surface area contributed by atoms with Crippen molar-refractivity contribution in [3.05, 3.63) is 78.6 Å². The van der Waals surface area contributed by atoms with Gasteiger partial charge in [-0.05, 0) is 80.8 Å². The van der Waals surface area contributed by atoms with Crippen LogP contribution >= 0.6 is 0 Å². The number of piperidine rings is 1. The minimum Gasteiger partial charge on any atom is -0.491 e. The van der Waals surface area contributed by atoms with Crippen LogP contribution in [0.15, 0.2) is 78.0 Å². The molecule has 2 heterocycles. The van der Waals surface area contributed by atoms with Crippen LogP contribution in [0.3, 0.4) is 0 Å². The number of anilines is 2. The van der Waals surface area contributed by atoms with Crippen molar-refractivity contribution in [2.24, 2.45) is 0 Å². The van der Waals surface area contributed by atoms with Crippen molar-refractivity contribution in [1.29, 1.82) is 0 Å². The van der Waals surface area contributed by atoms with Crippen molar-refractivity contribution in [2.75, 3.05) is 18.0 Å². The second-order valence-electron chi connectivity index (χ2n) is 9.60. The molecule has 1 aromatic heterocycles. The molecular weight excluding hydrogens is 547 g/mol. The number of carbonyl (C=O) groups is 1. The highest BCUT2D eigenvalue weighted by atomic mass is 32.2. The van der Waals surface area contributed by atoms with Gasteiger partial charge in [0.15, 0.2) is 0 Å². The summed E-state index contributed by atoms with van der Waals surface area (Å²) < 4.78 is 80.7. The number of pyridine rings is 1. The third-order valence-electron chi connectivity index (χ3n) is 6.18. The van der Waals surface area contributed by atoms with E-state index in [1.54, 1.807) is 32.3 Å². The summed E-state index contributed by atoms with van der Waals surface area (Å²) in [6.45, 7) is 4.21. The maximum atomic E-state index is 13.6. The van der Waals surface area contributed by atoms with Crippen molar-refractivity contribution in [3.8, 4) is 5.75 Å². The maximum Gasteiger partial charge on any atom is 0.472 e. The highest BCUT2D eigenvalue weighted by Crippen LogP contribution is 2.34. The molecule has 3 aromatic rings. The summed E-state index contributed by atoms with van der Waals surface area (Å²) in [7, 11) is -4.10. The molecule has 2 aromatic carbocycles. The monoisotopic (exact) mass is 577 g/mol. The second-order valence-corrected chi connectivity index (χ2v) is 11.5. The number of alkyl halides is 3. The molecule has 0 radical (unpaired) electrons. The first-order valence-corrected chi connectivity index (χ1v) is 14.2. The van der Waals surface area contributed by atoms with Crippen LogP contribution in [0.4, 0.5) is 24.5 Å². The number of hydrogen-bond donors (Lipinski definition) is 0. The summed E-state index contributed by atoms with van der Waals surface area (Å²) in [5.74, 6) is -1.73. The van der Waals surface area contributed by atoms with Crippen LogP contribution in [0.5, 0.6) is 5.75 Å². The molecule has 1 unspecified atom stereocenters. The number of benzene rings is 2. The molecule has 0 spiro atoms. The first kappa shape index (κ1) is 29.5. The van der Waals surface area contributed by atoms with E-state index >= 15 is 0 Å². The molecular formula is C28H30F3N3O5S. The van der Waals surface area contributed by atoms with Gasteiger partial charge in [-0.3, -0.25) is 14.7 Å². The van der Waals surface area contributed by atoms with Crippen LogP contribution in [0, 0.1) is 0 Å². The van der Waals surface area contributed by atoms with E-state index in [9.17, 15) is 26.4 Å². The lowest BCUT2D eigenvalue weighted by atomic mass is 10.1. The quantitative estimate of drug-likeness (QED) is 0.335. The number of aromatic nitrogens is 1. The van der Waals surface area contributed by atoms with Crippen LogP contribution in [0.2, 0.25) is 0 Å². The van der Waals surface area contributed by atoms with E-state index in [0.717, 1.165) is 11.6 Å². The fourth-order valence-corrected chi connectivity index (χ4v) is 5.90. The summed E-state index contributed by atoms with van der Waals surface area (Å²) in [4.78, 5) is 16.8. The molecule has 1 aliphatic heterocycles. The van der Waals surface area contributed by atoms with E-state index in [2.05, 4.69) is 4.98 Å². The summed E-state index contributed by atoms with van der Waals surface area (Å²) in [6, 6.07) is 14.1. The van der Waals surface area contributed by atoms with Crippen LogP contribution in [0.1, 0.15) is 32.3 Å². The van der Waals surface area contributed by atoms with Gasteiger partial charge in [-0.25, -0.2) is 8.42 Å². The van der Waals surface area contributed by atoms with E-state index in [1.165, 1.54) is 46.8 Å². The topological polar surface area (TPSA) is 89.0 Å². The highest BCUT2D eigenvalue weighted by Gasteiger charge is 2.44. The summed E-state index contributed by atoms with van der Waals surface area (Å²) in [6.07, 6.45) is -1.18. The lowest BCUT2D eigenvalue weighted by Gasteiger charge is -2.32. The molecule has 1 amide bonds. The Labute approximate surface area is 231 Å². The van der Waals surface area contributed by atoms with Crippen molar-refractivity contribution in [3.63, 3.8) is 0 Å². The normalized spacial score (nSPS) is 16.6. The number of ether oxygens (including phenoxy) is 2. The molecule has 12 heteroatoms. The number of sulfonamides is 1. The van der Waals surface area contributed by atoms with E-state index in [0.29, 0.717) is 23.5 Å². The van der Waals surface area contributed by atoms with Crippen molar-refractivity contribution in [1.82, 2.24) is 9.29 Å². The molecule has 1 aliphatic rings. The van der Waals surface area contributed by atoms with E-state index in [4.69, 9.17) is 9.47 Å². The second kappa shape index (κ2) is 12.4. The zero-order chi connectivity index (χ0) is 28.9. The zero-order valence-corrected chi connectivity index (χ0v) is 22.9. The van der Waals surface area contributed by atoms with Crippen LogP contribution in [-0.2, 0) is 26.2 Å². The van der Waals surface area contributed by atoms with Gasteiger partial charge in [0.05, 0.1) is 29.4 Å². The van der Waals surface area contributed by atoms with Gasteiger partial charge in [-0.1, -0.05) is 12.1 Å². The molecule has 0 bridgehead atoms. The first-order valence-electron chi connectivity index (χ1n) is 12.7. The van der Waals surface area contributed by atoms with Gasteiger partial charge < -0.3 is 9.47 Å². The van der Waals surface area contributed by atoms with Gasteiger partial charge in [-0.2, -0.15) is 17.5 Å². The zero-order valence-electron chi connectivity index (χ0n) is 22.0. The van der Waals surface area contributed by atoms with Gasteiger partial charge in [0.2, 0.25) is 10.0 Å². The average Bonchev–Trinajstić information content (AvgIpc) is 2.93. The minimum atomic E-state index is -5.20. The Morgan fingerprint density at radius 2 is 1.85 bits per heavy atom. The van der Waals surface area contributed by atoms with Gasteiger partial charge in [0.25, 0.3) is 0 Å². The predicted molar refractivity (Wildman–Crippen MR) is 143 cm³/mol. The van der Waals surface area contributed by atoms with Crippen LogP contribution in [-0.4, -0.2) is 55.1 Å². The van der Waals surface area contributed by atoms with E-state index in [1.807, 2.05) is 6.07 Å². The SMILES string of the molecule is CC(C)Oc1ccc(N(C(=O)C(F)(F)F)c2cccc(S(=O)(=O)N3CCCC(OCc4cccnc4)C3)c2)cc1. The largest absolute Gasteiger partial charge is 0.491 e. The minimum absolute atomic E-state index is 0.0881. The summed E-state index contributed by atoms with van der Waals surface area (Å²) >= 11 is 0. The lowest BCUT2D eigenvalue weighted by molar-refractivity contribution is -0.169. The number of hydrogen-bond acceptors (Lipinski definition) is 6. The molecule has 40 heavy (non-hydrogen) atoms. The smallest absolute Gasteiger partial charge is 0.472 e. The third-order valence-corrected chi connectivity index (χ3v) is 8.04. The van der Waals surface area contributed by atoms with E-state index in [-0.39, 0.29) is 48.2 Å². The van der Waals surface area contributed by atoms with Gasteiger partial charge in [0.1, 0.15) is 5.75 Å². The third kappa shape index (κ3) is 7.18. The summed E-state index contributed by atoms with van der Waals surface area (Å²) in [5, 5.41) is 0. The lowest BCUT2D eigenvalue weighted by Crippen LogP contribution is -2.43. The Balaban J connectivity index is 1.59. The molecule has 8 nitrogen and oxygen atoms in total. The predicted octanol–water partition coefficient (Wildman–Crippen LogP) is 5.47.